The Hall–Kier alpha value is -1.54. The van der Waals surface area contributed by atoms with Crippen molar-refractivity contribution < 1.29 is 25.8 Å². The Morgan fingerprint density at radius 3 is 1.95 bits per heavy atom. The number of benzene rings is 2. The van der Waals surface area contributed by atoms with Crippen molar-refractivity contribution in [2.24, 2.45) is 0 Å². The van der Waals surface area contributed by atoms with Crippen molar-refractivity contribution >= 4 is 34.2 Å². The normalized spacial score (nSPS) is 13.4. The monoisotopic (exact) mass is 348 g/mol. The van der Waals surface area contributed by atoms with E-state index in [9.17, 15) is 21.6 Å². The molecule has 0 aromatic heterocycles. The Kier molecular flexibility index (Phi) is 4.03. The molecule has 0 aliphatic carbocycles. The second-order valence-corrected chi connectivity index (χ2v) is 12.5. The molecule has 2 rings (SSSR count). The molecule has 2 aromatic rings. The molecule has 0 bridgehead atoms. The lowest BCUT2D eigenvalue weighted by molar-refractivity contribution is -0.0499. The van der Waals surface area contributed by atoms with Gasteiger partial charge in [-0.25, -0.2) is 0 Å². The molecule has 0 N–H and O–H groups in total. The van der Waals surface area contributed by atoms with Gasteiger partial charge in [0.25, 0.3) is 0 Å². The summed E-state index contributed by atoms with van der Waals surface area (Å²) in [6.45, 7) is 5.72. The molecule has 0 aliphatic rings. The second kappa shape index (κ2) is 5.27. The van der Waals surface area contributed by atoms with Crippen LogP contribution in [0.2, 0.25) is 19.6 Å². The molecular weight excluding hydrogens is 333 g/mol. The number of hydrogen-bond donors (Lipinski definition) is 0. The van der Waals surface area contributed by atoms with Crippen LogP contribution < -0.4 is 9.37 Å². The smallest absolute Gasteiger partial charge is 0.376 e. The SMILES string of the molecule is C[Si](C)(C)c1cc2ccccc2cc1OS(=O)(=O)C(F)(F)F. The van der Waals surface area contributed by atoms with E-state index < -0.39 is 23.7 Å². The van der Waals surface area contributed by atoms with Crippen molar-refractivity contribution in [1.29, 1.82) is 0 Å². The fourth-order valence-corrected chi connectivity index (χ4v) is 4.03. The highest BCUT2D eigenvalue weighted by Crippen LogP contribution is 2.29. The van der Waals surface area contributed by atoms with Gasteiger partial charge in [0.15, 0.2) is 0 Å². The number of rotatable bonds is 3. The average molecular weight is 348 g/mol. The molecule has 8 heteroatoms. The predicted molar refractivity (Wildman–Crippen MR) is 82.5 cm³/mol. The summed E-state index contributed by atoms with van der Waals surface area (Å²) < 4.78 is 64.7. The minimum Gasteiger partial charge on any atom is -0.376 e. The summed E-state index contributed by atoms with van der Waals surface area (Å²) in [5.41, 5.74) is -5.45. The van der Waals surface area contributed by atoms with Gasteiger partial charge in [0.1, 0.15) is 5.75 Å². The number of halogens is 3. The maximum atomic E-state index is 12.6. The minimum absolute atomic E-state index is 0.241. The van der Waals surface area contributed by atoms with Crippen LogP contribution in [0, 0.1) is 0 Å². The molecule has 0 radical (unpaired) electrons. The van der Waals surface area contributed by atoms with E-state index in [2.05, 4.69) is 4.18 Å². The summed E-state index contributed by atoms with van der Waals surface area (Å²) in [7, 11) is -7.79. The Labute approximate surface area is 127 Å². The van der Waals surface area contributed by atoms with Gasteiger partial charge >= 0.3 is 15.6 Å². The van der Waals surface area contributed by atoms with Crippen molar-refractivity contribution in [1.82, 2.24) is 0 Å². The Morgan fingerprint density at radius 1 is 1.00 bits per heavy atom. The van der Waals surface area contributed by atoms with Gasteiger partial charge in [-0.2, -0.15) is 21.6 Å². The third-order valence-electron chi connectivity index (χ3n) is 3.14. The van der Waals surface area contributed by atoms with Crippen LogP contribution in [0.5, 0.6) is 5.75 Å². The molecule has 2 aromatic carbocycles. The van der Waals surface area contributed by atoms with E-state index in [1.165, 1.54) is 6.07 Å². The third-order valence-corrected chi connectivity index (χ3v) is 6.11. The molecular formula is C14H15F3O3SSi. The number of alkyl halides is 3. The standard InChI is InChI=1S/C14H15F3O3SSi/c1-22(2,3)13-9-11-7-5-4-6-10(11)8-12(13)20-21(18,19)14(15,16)17/h4-9H,1-3H3. The molecule has 0 fully saturated rings. The van der Waals surface area contributed by atoms with Gasteiger partial charge in [0.05, 0.1) is 8.07 Å². The summed E-state index contributed by atoms with van der Waals surface area (Å²) in [6.07, 6.45) is 0. The Morgan fingerprint density at radius 2 is 1.50 bits per heavy atom. The van der Waals surface area contributed by atoms with Crippen LogP contribution in [0.4, 0.5) is 13.2 Å². The first-order chi connectivity index (χ1) is 9.92. The van der Waals surface area contributed by atoms with E-state index in [4.69, 9.17) is 0 Å². The third kappa shape index (κ3) is 3.27. The van der Waals surface area contributed by atoms with E-state index in [0.29, 0.717) is 10.6 Å². The van der Waals surface area contributed by atoms with E-state index in [0.717, 1.165) is 5.39 Å². The lowest BCUT2D eigenvalue weighted by Crippen LogP contribution is -2.40. The van der Waals surface area contributed by atoms with Crippen LogP contribution in [0.1, 0.15) is 0 Å². The minimum atomic E-state index is -5.68. The van der Waals surface area contributed by atoms with Crippen LogP contribution in [-0.2, 0) is 10.1 Å². The van der Waals surface area contributed by atoms with Crippen LogP contribution in [-0.4, -0.2) is 22.0 Å². The van der Waals surface area contributed by atoms with Crippen molar-refractivity contribution in [2.75, 3.05) is 0 Å². The summed E-state index contributed by atoms with van der Waals surface area (Å²) in [5, 5.41) is 1.98. The van der Waals surface area contributed by atoms with Gasteiger partial charge in [-0.15, -0.1) is 0 Å². The zero-order valence-electron chi connectivity index (χ0n) is 12.2. The largest absolute Gasteiger partial charge is 0.534 e. The van der Waals surface area contributed by atoms with Gasteiger partial charge in [-0.05, 0) is 22.0 Å². The summed E-state index contributed by atoms with van der Waals surface area (Å²) >= 11 is 0. The maximum Gasteiger partial charge on any atom is 0.534 e. The molecule has 120 valence electrons. The van der Waals surface area contributed by atoms with Crippen molar-refractivity contribution in [2.45, 2.75) is 25.1 Å². The fourth-order valence-electron chi connectivity index (χ4n) is 2.04. The summed E-state index contributed by atoms with van der Waals surface area (Å²) in [5.74, 6) is -0.241. The Bertz CT molecular complexity index is 808. The average Bonchev–Trinajstić information content (AvgIpc) is 2.34. The van der Waals surface area contributed by atoms with Crippen molar-refractivity contribution in [3.8, 4) is 5.75 Å². The lowest BCUT2D eigenvalue weighted by atomic mass is 10.1. The molecule has 0 saturated heterocycles. The maximum absolute atomic E-state index is 12.6. The van der Waals surface area contributed by atoms with Crippen molar-refractivity contribution in [3.05, 3.63) is 36.4 Å². The zero-order valence-corrected chi connectivity index (χ0v) is 14.0. The number of hydrogen-bond acceptors (Lipinski definition) is 3. The Balaban J connectivity index is 2.66. The van der Waals surface area contributed by atoms with Gasteiger partial charge in [0, 0.05) is 0 Å². The van der Waals surface area contributed by atoms with Gasteiger partial charge in [0.2, 0.25) is 0 Å². The zero-order chi connectivity index (χ0) is 16.8. The van der Waals surface area contributed by atoms with E-state index in [1.807, 2.05) is 31.8 Å². The quantitative estimate of drug-likeness (QED) is 0.483. The van der Waals surface area contributed by atoms with Crippen LogP contribution >= 0.6 is 0 Å². The van der Waals surface area contributed by atoms with Crippen LogP contribution in [0.25, 0.3) is 10.8 Å². The van der Waals surface area contributed by atoms with Crippen LogP contribution in [0.3, 0.4) is 0 Å². The first-order valence-electron chi connectivity index (χ1n) is 6.46. The van der Waals surface area contributed by atoms with Crippen molar-refractivity contribution in [3.63, 3.8) is 0 Å². The van der Waals surface area contributed by atoms with Gasteiger partial charge in [-0.1, -0.05) is 50.0 Å². The first kappa shape index (κ1) is 16.8. The first-order valence-corrected chi connectivity index (χ1v) is 11.4. The topological polar surface area (TPSA) is 43.4 Å². The molecule has 22 heavy (non-hydrogen) atoms. The fraction of sp³-hybridized carbons (Fsp3) is 0.286. The van der Waals surface area contributed by atoms with Crippen LogP contribution in [0.15, 0.2) is 36.4 Å². The lowest BCUT2D eigenvalue weighted by Gasteiger charge is -2.22. The molecule has 0 spiro atoms. The van der Waals surface area contributed by atoms with E-state index in [-0.39, 0.29) is 5.75 Å². The van der Waals surface area contributed by atoms with Gasteiger partial charge in [-0.3, -0.25) is 0 Å². The highest BCUT2D eigenvalue weighted by atomic mass is 32.2. The van der Waals surface area contributed by atoms with E-state index >= 15 is 0 Å². The molecule has 0 amide bonds. The highest BCUT2D eigenvalue weighted by Gasteiger charge is 2.49. The highest BCUT2D eigenvalue weighted by molar-refractivity contribution is 7.88. The predicted octanol–water partition coefficient (Wildman–Crippen LogP) is 3.61. The molecule has 0 aliphatic heterocycles. The molecule has 0 atom stereocenters. The molecule has 0 saturated carbocycles. The van der Waals surface area contributed by atoms with E-state index in [1.54, 1.807) is 18.2 Å². The molecule has 0 heterocycles. The summed E-state index contributed by atoms with van der Waals surface area (Å²) in [4.78, 5) is 0. The molecule has 0 unspecified atom stereocenters. The summed E-state index contributed by atoms with van der Waals surface area (Å²) in [6, 6.07) is 10.1. The van der Waals surface area contributed by atoms with Gasteiger partial charge < -0.3 is 4.18 Å². The molecule has 3 nitrogen and oxygen atoms in total. The number of fused-ring (bicyclic) bond motifs is 1. The second-order valence-electron chi connectivity index (χ2n) is 5.93.